The third kappa shape index (κ3) is 5.41. The first-order valence-electron chi connectivity index (χ1n) is 15.4. The molecule has 3 aromatic carbocycles. The van der Waals surface area contributed by atoms with Gasteiger partial charge in [-0.2, -0.15) is 0 Å². The fourth-order valence-corrected chi connectivity index (χ4v) is 8.13. The Hall–Kier alpha value is -4.72. The van der Waals surface area contributed by atoms with Crippen LogP contribution < -0.4 is 20.3 Å². The topological polar surface area (TPSA) is 105 Å². The molecule has 224 valence electrons. The summed E-state index contributed by atoms with van der Waals surface area (Å²) in [6, 6.07) is 21.2. The third-order valence-electron chi connectivity index (χ3n) is 9.77. The number of rotatable bonds is 7. The Balaban J connectivity index is 1.02. The van der Waals surface area contributed by atoms with Crippen molar-refractivity contribution in [2.75, 3.05) is 16.8 Å². The standard InChI is InChI=1S/C36H35N3O5/c1-22-2-8-28(9-3-22)37-32(40)21-44-30-12-4-23(5-13-30)17-31-33(41)38-35(43)39(34(31)42)29-10-6-27(7-11-29)36-18-24-14-25(19-36)16-26(15-24)20-36/h2-13,17,24-26H,14-16,18-21H2,1H3,(H,37,40)(H,38,41,43)/b31-17+. The van der Waals surface area contributed by atoms with E-state index < -0.39 is 17.8 Å². The maximum atomic E-state index is 13.5. The lowest BCUT2D eigenvalue weighted by Crippen LogP contribution is -2.54. The quantitative estimate of drug-likeness (QED) is 0.254. The highest BCUT2D eigenvalue weighted by molar-refractivity contribution is 6.39. The number of imide groups is 2. The minimum atomic E-state index is -0.757. The molecule has 5 fully saturated rings. The van der Waals surface area contributed by atoms with Gasteiger partial charge >= 0.3 is 6.03 Å². The second-order valence-corrected chi connectivity index (χ2v) is 13.0. The van der Waals surface area contributed by atoms with Crippen LogP contribution in [0.5, 0.6) is 5.75 Å². The molecule has 1 saturated heterocycles. The summed E-state index contributed by atoms with van der Waals surface area (Å²) in [6.07, 6.45) is 9.24. The number of amides is 5. The summed E-state index contributed by atoms with van der Waals surface area (Å²) in [5.74, 6) is 1.21. The van der Waals surface area contributed by atoms with Gasteiger partial charge in [0.2, 0.25) is 0 Å². The van der Waals surface area contributed by atoms with Crippen molar-refractivity contribution < 1.29 is 23.9 Å². The number of barbiturate groups is 1. The van der Waals surface area contributed by atoms with Crippen LogP contribution in [0.25, 0.3) is 6.08 Å². The lowest BCUT2D eigenvalue weighted by Gasteiger charge is -2.57. The van der Waals surface area contributed by atoms with Crippen molar-refractivity contribution in [1.29, 1.82) is 0 Å². The van der Waals surface area contributed by atoms with E-state index in [4.69, 9.17) is 4.74 Å². The molecule has 0 aromatic heterocycles. The molecule has 1 aliphatic heterocycles. The van der Waals surface area contributed by atoms with Crippen molar-refractivity contribution in [2.45, 2.75) is 50.9 Å². The van der Waals surface area contributed by atoms with Gasteiger partial charge in [0.05, 0.1) is 5.69 Å². The number of ether oxygens (including phenoxy) is 1. The summed E-state index contributed by atoms with van der Waals surface area (Å²) in [6.45, 7) is 1.80. The molecule has 4 bridgehead atoms. The van der Waals surface area contributed by atoms with E-state index in [0.29, 0.717) is 22.7 Å². The predicted octanol–water partition coefficient (Wildman–Crippen LogP) is 6.15. The number of carbonyl (C=O) groups excluding carboxylic acids is 4. The van der Waals surface area contributed by atoms with E-state index in [1.165, 1.54) is 50.2 Å². The Bertz CT molecular complexity index is 1620. The molecule has 1 heterocycles. The zero-order valence-corrected chi connectivity index (χ0v) is 24.7. The summed E-state index contributed by atoms with van der Waals surface area (Å²) >= 11 is 0. The van der Waals surface area contributed by atoms with Gasteiger partial charge in [0, 0.05) is 5.69 Å². The van der Waals surface area contributed by atoms with Gasteiger partial charge in [0.1, 0.15) is 11.3 Å². The average Bonchev–Trinajstić information content (AvgIpc) is 2.99. The Kier molecular flexibility index (Phi) is 7.07. The summed E-state index contributed by atoms with van der Waals surface area (Å²) in [5, 5.41) is 5.09. The molecule has 5 amide bonds. The molecule has 4 aliphatic carbocycles. The number of nitrogens with zero attached hydrogens (tertiary/aromatic N) is 1. The van der Waals surface area contributed by atoms with Crippen LogP contribution in [-0.2, 0) is 19.8 Å². The van der Waals surface area contributed by atoms with E-state index in [1.54, 1.807) is 24.3 Å². The lowest BCUT2D eigenvalue weighted by molar-refractivity contribution is -0.122. The average molecular weight is 590 g/mol. The van der Waals surface area contributed by atoms with E-state index in [-0.39, 0.29) is 23.5 Å². The number of carbonyl (C=O) groups is 4. The zero-order chi connectivity index (χ0) is 30.4. The Morgan fingerprint density at radius 2 is 1.50 bits per heavy atom. The van der Waals surface area contributed by atoms with Crippen LogP contribution in [0.2, 0.25) is 0 Å². The van der Waals surface area contributed by atoms with E-state index in [0.717, 1.165) is 28.2 Å². The van der Waals surface area contributed by atoms with E-state index in [2.05, 4.69) is 22.8 Å². The molecular weight excluding hydrogens is 554 g/mol. The SMILES string of the molecule is Cc1ccc(NC(=O)COc2ccc(/C=C3\C(=O)NC(=O)N(c4ccc(C56CC7CC(CC(C7)C5)C6)cc4)C3=O)cc2)cc1. The molecule has 2 N–H and O–H groups in total. The van der Waals surface area contributed by atoms with Crippen LogP contribution >= 0.6 is 0 Å². The number of hydrogen-bond donors (Lipinski definition) is 2. The van der Waals surface area contributed by atoms with Gasteiger partial charge in [-0.05, 0) is 122 Å². The molecule has 8 rings (SSSR count). The van der Waals surface area contributed by atoms with Crippen molar-refractivity contribution in [3.63, 3.8) is 0 Å². The van der Waals surface area contributed by atoms with Crippen molar-refractivity contribution >= 4 is 41.2 Å². The van der Waals surface area contributed by atoms with Crippen LogP contribution in [0.15, 0.2) is 78.4 Å². The molecule has 5 aliphatic rings. The third-order valence-corrected chi connectivity index (χ3v) is 9.77. The van der Waals surface area contributed by atoms with Gasteiger partial charge in [-0.3, -0.25) is 19.7 Å². The fraction of sp³-hybridized carbons (Fsp3) is 0.333. The van der Waals surface area contributed by atoms with E-state index in [9.17, 15) is 19.2 Å². The molecule has 0 unspecified atom stereocenters. The number of urea groups is 1. The predicted molar refractivity (Wildman–Crippen MR) is 167 cm³/mol. The van der Waals surface area contributed by atoms with Gasteiger partial charge < -0.3 is 10.1 Å². The monoisotopic (exact) mass is 589 g/mol. The Morgan fingerprint density at radius 1 is 0.886 bits per heavy atom. The molecule has 44 heavy (non-hydrogen) atoms. The van der Waals surface area contributed by atoms with Crippen LogP contribution in [0, 0.1) is 24.7 Å². The fourth-order valence-electron chi connectivity index (χ4n) is 8.13. The molecule has 8 heteroatoms. The first-order valence-corrected chi connectivity index (χ1v) is 15.4. The maximum Gasteiger partial charge on any atom is 0.335 e. The zero-order valence-electron chi connectivity index (χ0n) is 24.7. The lowest BCUT2D eigenvalue weighted by atomic mass is 9.48. The number of aryl methyl sites for hydroxylation is 1. The van der Waals surface area contributed by atoms with Crippen molar-refractivity contribution in [3.8, 4) is 5.75 Å². The molecule has 0 radical (unpaired) electrons. The molecular formula is C36H35N3O5. The highest BCUT2D eigenvalue weighted by Gasteiger charge is 2.51. The second-order valence-electron chi connectivity index (χ2n) is 13.0. The van der Waals surface area contributed by atoms with Crippen LogP contribution in [0.4, 0.5) is 16.2 Å². The Labute approximate surface area is 256 Å². The van der Waals surface area contributed by atoms with E-state index >= 15 is 0 Å². The van der Waals surface area contributed by atoms with Crippen molar-refractivity contribution in [1.82, 2.24) is 5.32 Å². The minimum absolute atomic E-state index is 0.138. The number of benzene rings is 3. The smallest absolute Gasteiger partial charge is 0.335 e. The second kappa shape index (κ2) is 11.1. The number of nitrogens with one attached hydrogen (secondary N) is 2. The molecule has 3 aromatic rings. The maximum absolute atomic E-state index is 13.5. The molecule has 0 spiro atoms. The van der Waals surface area contributed by atoms with Crippen molar-refractivity contribution in [2.24, 2.45) is 17.8 Å². The molecule has 0 atom stereocenters. The van der Waals surface area contributed by atoms with Crippen LogP contribution in [0.3, 0.4) is 0 Å². The first kappa shape index (κ1) is 28.1. The minimum Gasteiger partial charge on any atom is -0.484 e. The first-order chi connectivity index (χ1) is 21.2. The van der Waals surface area contributed by atoms with E-state index in [1.807, 2.05) is 43.3 Å². The number of hydrogen-bond acceptors (Lipinski definition) is 5. The Morgan fingerprint density at radius 3 is 2.11 bits per heavy atom. The van der Waals surface area contributed by atoms with Crippen LogP contribution in [-0.4, -0.2) is 30.4 Å². The van der Waals surface area contributed by atoms with Gasteiger partial charge in [-0.25, -0.2) is 9.69 Å². The van der Waals surface area contributed by atoms with Gasteiger partial charge in [0.15, 0.2) is 6.61 Å². The van der Waals surface area contributed by atoms with Gasteiger partial charge in [-0.15, -0.1) is 0 Å². The normalized spacial score (nSPS) is 26.6. The highest BCUT2D eigenvalue weighted by Crippen LogP contribution is 2.60. The summed E-state index contributed by atoms with van der Waals surface area (Å²) < 4.78 is 5.59. The van der Waals surface area contributed by atoms with Crippen LogP contribution in [0.1, 0.15) is 55.2 Å². The molecule has 4 saturated carbocycles. The summed E-state index contributed by atoms with van der Waals surface area (Å²) in [5.41, 5.74) is 4.17. The largest absolute Gasteiger partial charge is 0.484 e. The van der Waals surface area contributed by atoms with Gasteiger partial charge in [0.25, 0.3) is 17.7 Å². The van der Waals surface area contributed by atoms with Crippen molar-refractivity contribution in [3.05, 3.63) is 95.1 Å². The highest BCUT2D eigenvalue weighted by atomic mass is 16.5. The molecule has 8 nitrogen and oxygen atoms in total. The summed E-state index contributed by atoms with van der Waals surface area (Å²) in [7, 11) is 0. The van der Waals surface area contributed by atoms with Gasteiger partial charge in [-0.1, -0.05) is 42.0 Å². The summed E-state index contributed by atoms with van der Waals surface area (Å²) in [4.78, 5) is 52.3. The number of anilines is 2.